The lowest BCUT2D eigenvalue weighted by atomic mass is 10.3. The van der Waals surface area contributed by atoms with Crippen molar-refractivity contribution in [2.45, 2.75) is 6.36 Å². The first-order valence-electron chi connectivity index (χ1n) is 6.01. The number of rotatable bonds is 3. The Morgan fingerprint density at radius 3 is 2.50 bits per heavy atom. The number of furan rings is 1. The minimum Gasteiger partial charge on any atom is -0.461 e. The van der Waals surface area contributed by atoms with Gasteiger partial charge in [0.15, 0.2) is 10.5 Å². The summed E-state index contributed by atoms with van der Waals surface area (Å²) in [6.45, 7) is 0. The molecule has 2 heterocycles. The molecule has 0 unspecified atom stereocenters. The number of H-pyrrole nitrogens is 1. The SMILES string of the molecule is FC(F)(F)Oc1ccc(-n2c(-c3ccco3)n[nH]c2=S)cc1. The number of alkyl halides is 3. The fourth-order valence-corrected chi connectivity index (χ4v) is 2.14. The summed E-state index contributed by atoms with van der Waals surface area (Å²) in [5.74, 6) is 0.577. The number of benzene rings is 1. The summed E-state index contributed by atoms with van der Waals surface area (Å²) < 4.78 is 47.4. The van der Waals surface area contributed by atoms with Crippen molar-refractivity contribution in [2.75, 3.05) is 0 Å². The van der Waals surface area contributed by atoms with Crippen LogP contribution in [0, 0.1) is 4.77 Å². The van der Waals surface area contributed by atoms with Gasteiger partial charge in [0.25, 0.3) is 0 Å². The number of nitrogens with zero attached hydrogens (tertiary/aromatic N) is 2. The third kappa shape index (κ3) is 2.89. The molecule has 0 atom stereocenters. The third-order valence-corrected chi connectivity index (χ3v) is 3.02. The summed E-state index contributed by atoms with van der Waals surface area (Å²) in [5.41, 5.74) is 0.527. The van der Waals surface area contributed by atoms with Crippen molar-refractivity contribution in [3.05, 3.63) is 47.4 Å². The highest BCUT2D eigenvalue weighted by Crippen LogP contribution is 2.26. The molecule has 0 saturated carbocycles. The number of halogens is 3. The molecule has 3 aromatic rings. The maximum Gasteiger partial charge on any atom is 0.573 e. The molecule has 114 valence electrons. The fourth-order valence-electron chi connectivity index (χ4n) is 1.90. The average Bonchev–Trinajstić information content (AvgIpc) is 3.07. The Bertz CT molecular complexity index is 820. The molecule has 9 heteroatoms. The molecule has 1 aromatic carbocycles. The van der Waals surface area contributed by atoms with E-state index in [2.05, 4.69) is 14.9 Å². The fraction of sp³-hybridized carbons (Fsp3) is 0.0769. The number of hydrogen-bond donors (Lipinski definition) is 1. The Labute approximate surface area is 127 Å². The van der Waals surface area contributed by atoms with E-state index in [4.69, 9.17) is 16.6 Å². The number of hydrogen-bond acceptors (Lipinski definition) is 4. The first-order valence-corrected chi connectivity index (χ1v) is 6.42. The van der Waals surface area contributed by atoms with E-state index in [0.29, 0.717) is 17.3 Å². The van der Waals surface area contributed by atoms with E-state index in [9.17, 15) is 13.2 Å². The molecule has 0 radical (unpaired) electrons. The van der Waals surface area contributed by atoms with E-state index in [1.54, 1.807) is 16.7 Å². The second kappa shape index (κ2) is 5.34. The van der Waals surface area contributed by atoms with Crippen molar-refractivity contribution in [3.8, 4) is 23.0 Å². The lowest BCUT2D eigenvalue weighted by Gasteiger charge is -2.10. The van der Waals surface area contributed by atoms with Gasteiger partial charge in [0.1, 0.15) is 5.75 Å². The summed E-state index contributed by atoms with van der Waals surface area (Å²) >= 11 is 5.14. The van der Waals surface area contributed by atoms with Gasteiger partial charge in [0.2, 0.25) is 5.82 Å². The minimum absolute atomic E-state index is 0.288. The van der Waals surface area contributed by atoms with Gasteiger partial charge >= 0.3 is 6.36 Å². The Morgan fingerprint density at radius 1 is 1.18 bits per heavy atom. The van der Waals surface area contributed by atoms with Crippen LogP contribution in [-0.2, 0) is 0 Å². The van der Waals surface area contributed by atoms with Crippen LogP contribution in [0.3, 0.4) is 0 Å². The van der Waals surface area contributed by atoms with Gasteiger partial charge in [0.05, 0.1) is 12.0 Å². The Kier molecular flexibility index (Phi) is 3.49. The molecule has 0 fully saturated rings. The highest BCUT2D eigenvalue weighted by atomic mass is 32.1. The monoisotopic (exact) mass is 327 g/mol. The maximum atomic E-state index is 12.2. The smallest absolute Gasteiger partial charge is 0.461 e. The van der Waals surface area contributed by atoms with E-state index in [1.165, 1.54) is 30.5 Å². The topological polar surface area (TPSA) is 56.0 Å². The molecule has 0 aliphatic rings. The van der Waals surface area contributed by atoms with Crippen LogP contribution < -0.4 is 4.74 Å². The number of nitrogens with one attached hydrogen (secondary N) is 1. The molecule has 5 nitrogen and oxygen atoms in total. The molecule has 22 heavy (non-hydrogen) atoms. The van der Waals surface area contributed by atoms with Gasteiger partial charge in [-0.15, -0.1) is 13.2 Å². The van der Waals surface area contributed by atoms with Gasteiger partial charge in [-0.1, -0.05) is 0 Å². The highest BCUT2D eigenvalue weighted by molar-refractivity contribution is 7.71. The van der Waals surface area contributed by atoms with E-state index < -0.39 is 6.36 Å². The normalized spacial score (nSPS) is 11.6. The summed E-state index contributed by atoms with van der Waals surface area (Å²) in [5, 5.41) is 6.68. The minimum atomic E-state index is -4.73. The predicted molar refractivity (Wildman–Crippen MR) is 73.1 cm³/mol. The van der Waals surface area contributed by atoms with Crippen LogP contribution in [0.5, 0.6) is 5.75 Å². The number of aromatic nitrogens is 3. The lowest BCUT2D eigenvalue weighted by molar-refractivity contribution is -0.274. The molecule has 3 rings (SSSR count). The van der Waals surface area contributed by atoms with Crippen LogP contribution in [0.2, 0.25) is 0 Å². The second-order valence-corrected chi connectivity index (χ2v) is 4.59. The predicted octanol–water partition coefficient (Wildman–Crippen LogP) is 4.09. The first-order chi connectivity index (χ1) is 10.4. The summed E-state index contributed by atoms with van der Waals surface area (Å²) in [6.07, 6.45) is -3.25. The van der Waals surface area contributed by atoms with Crippen LogP contribution in [0.4, 0.5) is 13.2 Å². The van der Waals surface area contributed by atoms with Gasteiger partial charge in [-0.25, -0.2) is 0 Å². The van der Waals surface area contributed by atoms with Crippen molar-refractivity contribution in [3.63, 3.8) is 0 Å². The van der Waals surface area contributed by atoms with Crippen molar-refractivity contribution in [2.24, 2.45) is 0 Å². The number of ether oxygens (including phenoxy) is 1. The molecule has 2 aromatic heterocycles. The molecule has 0 aliphatic heterocycles. The van der Waals surface area contributed by atoms with Crippen LogP contribution in [0.25, 0.3) is 17.3 Å². The van der Waals surface area contributed by atoms with Crippen LogP contribution >= 0.6 is 12.2 Å². The maximum absolute atomic E-state index is 12.2. The van der Waals surface area contributed by atoms with Gasteiger partial charge in [-0.3, -0.25) is 9.67 Å². The molecule has 0 amide bonds. The van der Waals surface area contributed by atoms with E-state index >= 15 is 0 Å². The zero-order chi connectivity index (χ0) is 15.7. The Hall–Kier alpha value is -2.55. The molecule has 1 N–H and O–H groups in total. The van der Waals surface area contributed by atoms with Crippen LogP contribution in [0.15, 0.2) is 47.1 Å². The molecular weight excluding hydrogens is 319 g/mol. The van der Waals surface area contributed by atoms with E-state index in [1.807, 2.05) is 0 Å². The summed E-state index contributed by atoms with van der Waals surface area (Å²) in [6, 6.07) is 8.67. The molecule has 0 saturated heterocycles. The standard InChI is InChI=1S/C13H8F3N3O2S/c14-13(15,16)21-9-5-3-8(4-6-9)19-11(17-18-12(19)22)10-2-1-7-20-10/h1-7H,(H,18,22). The first kappa shape index (κ1) is 14.4. The van der Waals surface area contributed by atoms with E-state index in [-0.39, 0.29) is 10.5 Å². The summed E-state index contributed by atoms with van der Waals surface area (Å²) in [7, 11) is 0. The van der Waals surface area contributed by atoms with Crippen molar-refractivity contribution >= 4 is 12.2 Å². The average molecular weight is 327 g/mol. The molecule has 0 aliphatic carbocycles. The quantitative estimate of drug-likeness (QED) is 0.736. The van der Waals surface area contributed by atoms with Crippen LogP contribution in [-0.4, -0.2) is 21.1 Å². The zero-order valence-corrected chi connectivity index (χ0v) is 11.6. The van der Waals surface area contributed by atoms with Gasteiger partial charge in [-0.2, -0.15) is 5.10 Å². The Morgan fingerprint density at radius 2 is 1.91 bits per heavy atom. The molecule has 0 bridgehead atoms. The lowest BCUT2D eigenvalue weighted by Crippen LogP contribution is -2.17. The van der Waals surface area contributed by atoms with Crippen molar-refractivity contribution in [1.29, 1.82) is 0 Å². The van der Waals surface area contributed by atoms with Gasteiger partial charge in [0, 0.05) is 0 Å². The van der Waals surface area contributed by atoms with Gasteiger partial charge in [-0.05, 0) is 48.6 Å². The highest BCUT2D eigenvalue weighted by Gasteiger charge is 2.31. The second-order valence-electron chi connectivity index (χ2n) is 4.21. The van der Waals surface area contributed by atoms with Crippen LogP contribution in [0.1, 0.15) is 0 Å². The Balaban J connectivity index is 1.99. The molecule has 0 spiro atoms. The van der Waals surface area contributed by atoms with Crippen molar-refractivity contribution < 1.29 is 22.3 Å². The van der Waals surface area contributed by atoms with E-state index in [0.717, 1.165) is 0 Å². The number of aromatic amines is 1. The van der Waals surface area contributed by atoms with Gasteiger partial charge < -0.3 is 9.15 Å². The van der Waals surface area contributed by atoms with Crippen molar-refractivity contribution in [1.82, 2.24) is 14.8 Å². The summed E-state index contributed by atoms with van der Waals surface area (Å²) in [4.78, 5) is 0. The third-order valence-electron chi connectivity index (χ3n) is 2.74. The molecular formula is C13H8F3N3O2S. The largest absolute Gasteiger partial charge is 0.573 e. The zero-order valence-electron chi connectivity index (χ0n) is 10.8.